The molecule has 0 saturated heterocycles. The predicted octanol–water partition coefficient (Wildman–Crippen LogP) is 4.85. The van der Waals surface area contributed by atoms with E-state index in [0.29, 0.717) is 22.8 Å². The third kappa shape index (κ3) is 3.38. The zero-order valence-corrected chi connectivity index (χ0v) is 15.8. The molecule has 2 aromatic carbocycles. The molecule has 8 nitrogen and oxygen atoms in total. The Morgan fingerprint density at radius 2 is 2.03 bits per heavy atom. The third-order valence-electron chi connectivity index (χ3n) is 4.59. The first-order valence-corrected chi connectivity index (χ1v) is 8.91. The monoisotopic (exact) mass is 401 g/mol. The van der Waals surface area contributed by atoms with Crippen LogP contribution in [0.4, 0.5) is 32.1 Å². The molecule has 0 unspecified atom stereocenters. The zero-order chi connectivity index (χ0) is 21.3. The van der Waals surface area contributed by atoms with E-state index in [2.05, 4.69) is 30.7 Å². The van der Waals surface area contributed by atoms with E-state index in [4.69, 9.17) is 12.3 Å². The van der Waals surface area contributed by atoms with Gasteiger partial charge in [-0.05, 0) is 36.8 Å². The summed E-state index contributed by atoms with van der Waals surface area (Å²) in [7, 11) is 0. The summed E-state index contributed by atoms with van der Waals surface area (Å²) in [5.41, 5.74) is 9.07. The highest BCUT2D eigenvalue weighted by Crippen LogP contribution is 2.32. The second-order valence-corrected chi connectivity index (χ2v) is 6.55. The molecule has 2 amide bonds. The number of H-pyrrole nitrogens is 1. The fourth-order valence-electron chi connectivity index (χ4n) is 3.15. The molecular weight excluding hydrogens is 385 g/mol. The number of anilines is 3. The summed E-state index contributed by atoms with van der Waals surface area (Å²) < 4.78 is 14.1. The standard InChI is InChI=1S/C21H16FN7O/c1-11-6-8-14(22)19(18(11)24-2)27-21(30)26-12-7-9-15(25-10-12)13-4-3-5-16-17(13)20(23)29-28-16/h3-10H,1H3,(H3,23,28,29)(H2,26,27,30). The maximum Gasteiger partial charge on any atom is 0.322 e. The maximum atomic E-state index is 14.1. The Hall–Kier alpha value is -4.45. The largest absolute Gasteiger partial charge is 0.382 e. The van der Waals surface area contributed by atoms with Gasteiger partial charge in [-0.25, -0.2) is 14.0 Å². The van der Waals surface area contributed by atoms with Crippen molar-refractivity contribution in [1.29, 1.82) is 0 Å². The minimum atomic E-state index is -0.680. The SMILES string of the molecule is [C-]#[N+]c1c(C)ccc(F)c1NC(=O)Nc1ccc(-c2cccc3[nH]nc(N)c23)nc1. The van der Waals surface area contributed by atoms with Crippen molar-refractivity contribution >= 4 is 39.8 Å². The Morgan fingerprint density at radius 3 is 2.77 bits per heavy atom. The number of carbonyl (C=O) groups is 1. The number of rotatable bonds is 3. The van der Waals surface area contributed by atoms with Crippen molar-refractivity contribution in [3.8, 4) is 11.3 Å². The number of urea groups is 1. The quantitative estimate of drug-likeness (QED) is 0.368. The van der Waals surface area contributed by atoms with Crippen molar-refractivity contribution in [3.63, 3.8) is 0 Å². The number of hydrogen-bond donors (Lipinski definition) is 4. The molecule has 0 atom stereocenters. The summed E-state index contributed by atoms with van der Waals surface area (Å²) >= 11 is 0. The molecule has 30 heavy (non-hydrogen) atoms. The fourth-order valence-corrected chi connectivity index (χ4v) is 3.15. The van der Waals surface area contributed by atoms with E-state index >= 15 is 0 Å². The van der Waals surface area contributed by atoms with Gasteiger partial charge in [0.05, 0.1) is 40.7 Å². The molecule has 0 fully saturated rings. The Labute approximate surface area is 170 Å². The van der Waals surface area contributed by atoms with Crippen molar-refractivity contribution in [3.05, 3.63) is 71.5 Å². The number of carbonyl (C=O) groups excluding carboxylic acids is 1. The van der Waals surface area contributed by atoms with E-state index in [1.165, 1.54) is 18.3 Å². The molecule has 0 aliphatic carbocycles. The number of nitrogen functional groups attached to an aromatic ring is 1. The predicted molar refractivity (Wildman–Crippen MR) is 114 cm³/mol. The Morgan fingerprint density at radius 1 is 1.20 bits per heavy atom. The normalized spacial score (nSPS) is 10.6. The molecular formula is C21H16FN7O. The van der Waals surface area contributed by atoms with Crippen molar-refractivity contribution in [1.82, 2.24) is 15.2 Å². The van der Waals surface area contributed by atoms with Crippen LogP contribution >= 0.6 is 0 Å². The Kier molecular flexibility index (Phi) is 4.74. The molecule has 0 bridgehead atoms. The number of nitrogens with zero attached hydrogens (tertiary/aromatic N) is 3. The van der Waals surface area contributed by atoms with Crippen LogP contribution in [0.15, 0.2) is 48.7 Å². The van der Waals surface area contributed by atoms with Gasteiger partial charge < -0.3 is 16.4 Å². The number of nitrogens with two attached hydrogens (primary N) is 1. The third-order valence-corrected chi connectivity index (χ3v) is 4.59. The van der Waals surface area contributed by atoms with Crippen LogP contribution in [0.2, 0.25) is 0 Å². The molecule has 148 valence electrons. The van der Waals surface area contributed by atoms with Crippen LogP contribution in [0.25, 0.3) is 27.0 Å². The van der Waals surface area contributed by atoms with Crippen LogP contribution in [-0.4, -0.2) is 21.2 Å². The lowest BCUT2D eigenvalue weighted by atomic mass is 10.1. The van der Waals surface area contributed by atoms with Gasteiger partial charge in [0.15, 0.2) is 5.82 Å². The minimum Gasteiger partial charge on any atom is -0.382 e. The number of aryl methyl sites for hydroxylation is 1. The number of halogens is 1. The van der Waals surface area contributed by atoms with Crippen molar-refractivity contribution < 1.29 is 9.18 Å². The molecule has 9 heteroatoms. The maximum absolute atomic E-state index is 14.1. The highest BCUT2D eigenvalue weighted by atomic mass is 19.1. The number of aromatic nitrogens is 3. The van der Waals surface area contributed by atoms with Gasteiger partial charge in [0.25, 0.3) is 0 Å². The summed E-state index contributed by atoms with van der Waals surface area (Å²) in [5, 5.41) is 12.6. The molecule has 5 N–H and O–H groups in total. The highest BCUT2D eigenvalue weighted by Gasteiger charge is 2.15. The first-order chi connectivity index (χ1) is 14.5. The number of benzene rings is 2. The molecule has 0 spiro atoms. The fraction of sp³-hybridized carbons (Fsp3) is 0.0476. The Bertz CT molecular complexity index is 1310. The topological polar surface area (TPSA) is 113 Å². The highest BCUT2D eigenvalue weighted by molar-refractivity contribution is 6.03. The number of pyridine rings is 1. The zero-order valence-electron chi connectivity index (χ0n) is 15.8. The molecule has 0 aliphatic heterocycles. The summed E-state index contributed by atoms with van der Waals surface area (Å²) in [6, 6.07) is 11.0. The molecule has 0 aliphatic rings. The van der Waals surface area contributed by atoms with Gasteiger partial charge in [0, 0.05) is 5.56 Å². The van der Waals surface area contributed by atoms with E-state index in [-0.39, 0.29) is 11.4 Å². The Balaban J connectivity index is 1.55. The van der Waals surface area contributed by atoms with Crippen LogP contribution in [0, 0.1) is 19.3 Å². The van der Waals surface area contributed by atoms with E-state index in [1.807, 2.05) is 18.2 Å². The summed E-state index contributed by atoms with van der Waals surface area (Å²) in [5.74, 6) is -0.305. The van der Waals surface area contributed by atoms with Gasteiger partial charge >= 0.3 is 6.03 Å². The summed E-state index contributed by atoms with van der Waals surface area (Å²) in [4.78, 5) is 20.0. The van der Waals surface area contributed by atoms with Crippen LogP contribution in [-0.2, 0) is 0 Å². The van der Waals surface area contributed by atoms with Gasteiger partial charge in [-0.15, -0.1) is 0 Å². The second kappa shape index (κ2) is 7.52. The summed E-state index contributed by atoms with van der Waals surface area (Å²) in [6.45, 7) is 8.89. The van der Waals surface area contributed by atoms with E-state index < -0.39 is 11.8 Å². The first kappa shape index (κ1) is 18.9. The smallest absolute Gasteiger partial charge is 0.322 e. The molecule has 0 radical (unpaired) electrons. The lowest BCUT2D eigenvalue weighted by molar-refractivity contribution is 0.262. The van der Waals surface area contributed by atoms with Crippen molar-refractivity contribution in [2.75, 3.05) is 16.4 Å². The number of amides is 2. The van der Waals surface area contributed by atoms with Crippen molar-refractivity contribution in [2.24, 2.45) is 0 Å². The number of nitrogens with one attached hydrogen (secondary N) is 3. The van der Waals surface area contributed by atoms with E-state index in [1.54, 1.807) is 19.1 Å². The number of fused-ring (bicyclic) bond motifs is 1. The summed E-state index contributed by atoms with van der Waals surface area (Å²) in [6.07, 6.45) is 1.48. The molecule has 2 aromatic heterocycles. The van der Waals surface area contributed by atoms with Gasteiger partial charge in [-0.3, -0.25) is 10.1 Å². The van der Waals surface area contributed by atoms with E-state index in [9.17, 15) is 9.18 Å². The van der Waals surface area contributed by atoms with E-state index in [0.717, 1.165) is 16.5 Å². The average molecular weight is 401 g/mol. The lowest BCUT2D eigenvalue weighted by Crippen LogP contribution is -2.20. The van der Waals surface area contributed by atoms with Crippen LogP contribution in [0.3, 0.4) is 0 Å². The average Bonchev–Trinajstić information content (AvgIpc) is 3.13. The van der Waals surface area contributed by atoms with Crippen LogP contribution in [0.5, 0.6) is 0 Å². The van der Waals surface area contributed by atoms with Crippen LogP contribution < -0.4 is 16.4 Å². The molecule has 4 rings (SSSR count). The van der Waals surface area contributed by atoms with Crippen LogP contribution in [0.1, 0.15) is 5.56 Å². The number of aromatic amines is 1. The molecule has 4 aromatic rings. The van der Waals surface area contributed by atoms with Gasteiger partial charge in [0.2, 0.25) is 5.69 Å². The van der Waals surface area contributed by atoms with Gasteiger partial charge in [-0.1, -0.05) is 18.2 Å². The number of hydrogen-bond acceptors (Lipinski definition) is 4. The van der Waals surface area contributed by atoms with Gasteiger partial charge in [0.1, 0.15) is 5.82 Å². The molecule has 2 heterocycles. The molecule has 0 saturated carbocycles. The first-order valence-electron chi connectivity index (χ1n) is 8.91. The lowest BCUT2D eigenvalue weighted by Gasteiger charge is -2.11. The second-order valence-electron chi connectivity index (χ2n) is 6.55. The van der Waals surface area contributed by atoms with Gasteiger partial charge in [-0.2, -0.15) is 5.10 Å². The van der Waals surface area contributed by atoms with Crippen molar-refractivity contribution in [2.45, 2.75) is 6.92 Å². The minimum absolute atomic E-state index is 0.0596.